The Morgan fingerprint density at radius 2 is 1.71 bits per heavy atom. The van der Waals surface area contributed by atoms with Gasteiger partial charge in [0.2, 0.25) is 5.91 Å². The maximum atomic E-state index is 12.8. The molecule has 0 saturated carbocycles. The van der Waals surface area contributed by atoms with Crippen LogP contribution in [0.15, 0.2) is 30.3 Å². The molecule has 0 aliphatic heterocycles. The van der Waals surface area contributed by atoms with Crippen LogP contribution in [0.3, 0.4) is 0 Å². The van der Waals surface area contributed by atoms with E-state index in [2.05, 4.69) is 0 Å². The zero-order valence-electron chi connectivity index (χ0n) is 9.58. The van der Waals surface area contributed by atoms with Crippen molar-refractivity contribution < 1.29 is 18.0 Å². The third-order valence-electron chi connectivity index (χ3n) is 2.27. The van der Waals surface area contributed by atoms with Crippen molar-refractivity contribution in [2.24, 2.45) is 5.92 Å². The highest BCUT2D eigenvalue weighted by molar-refractivity contribution is 5.78. The summed E-state index contributed by atoms with van der Waals surface area (Å²) in [6.07, 6.45) is -4.49. The second-order valence-corrected chi connectivity index (χ2v) is 4.05. The predicted molar refractivity (Wildman–Crippen MR) is 58.2 cm³/mol. The highest BCUT2D eigenvalue weighted by atomic mass is 19.4. The van der Waals surface area contributed by atoms with Gasteiger partial charge in [0.15, 0.2) is 6.04 Å². The summed E-state index contributed by atoms with van der Waals surface area (Å²) in [5.74, 6) is -1.10. The van der Waals surface area contributed by atoms with E-state index in [-0.39, 0.29) is 5.56 Å². The van der Waals surface area contributed by atoms with Crippen molar-refractivity contribution in [3.05, 3.63) is 35.9 Å². The smallest absolute Gasteiger partial charge is 0.341 e. The highest BCUT2D eigenvalue weighted by Gasteiger charge is 2.41. The molecular weight excluding hydrogens is 231 g/mol. The summed E-state index contributed by atoms with van der Waals surface area (Å²) in [6, 6.07) is 5.39. The molecule has 0 spiro atoms. The molecule has 1 aromatic rings. The van der Waals surface area contributed by atoms with Crippen LogP contribution in [-0.2, 0) is 4.79 Å². The van der Waals surface area contributed by atoms with Crippen molar-refractivity contribution >= 4 is 5.91 Å². The second kappa shape index (κ2) is 5.21. The molecule has 1 rings (SSSR count). The van der Waals surface area contributed by atoms with E-state index in [1.54, 1.807) is 19.9 Å². The van der Waals surface area contributed by atoms with Crippen LogP contribution in [0.25, 0.3) is 0 Å². The molecule has 0 radical (unpaired) electrons. The van der Waals surface area contributed by atoms with E-state index in [9.17, 15) is 18.0 Å². The Bertz CT molecular complexity index is 373. The van der Waals surface area contributed by atoms with E-state index in [4.69, 9.17) is 0 Å². The summed E-state index contributed by atoms with van der Waals surface area (Å²) in [5, 5.41) is 2.01. The minimum absolute atomic E-state index is 0.0361. The lowest BCUT2D eigenvalue weighted by Gasteiger charge is -2.23. The summed E-state index contributed by atoms with van der Waals surface area (Å²) in [4.78, 5) is 11.4. The lowest BCUT2D eigenvalue weighted by Crippen LogP contribution is -2.39. The van der Waals surface area contributed by atoms with Gasteiger partial charge in [0, 0.05) is 5.92 Å². The van der Waals surface area contributed by atoms with Gasteiger partial charge < -0.3 is 5.32 Å². The van der Waals surface area contributed by atoms with Crippen LogP contribution in [0.5, 0.6) is 0 Å². The first-order valence-corrected chi connectivity index (χ1v) is 5.24. The Kier molecular flexibility index (Phi) is 4.15. The van der Waals surface area contributed by atoms with Gasteiger partial charge in [-0.1, -0.05) is 44.2 Å². The minimum Gasteiger partial charge on any atom is -0.341 e. The zero-order chi connectivity index (χ0) is 13.1. The molecule has 5 heteroatoms. The number of halogens is 3. The summed E-state index contributed by atoms with van der Waals surface area (Å²) < 4.78 is 38.4. The summed E-state index contributed by atoms with van der Waals surface area (Å²) in [5.41, 5.74) is 0.0361. The van der Waals surface area contributed by atoms with E-state index >= 15 is 0 Å². The lowest BCUT2D eigenvalue weighted by atomic mass is 10.1. The first kappa shape index (κ1) is 13.5. The maximum Gasteiger partial charge on any atom is 0.412 e. The first-order valence-electron chi connectivity index (χ1n) is 5.24. The number of hydrogen-bond donors (Lipinski definition) is 1. The van der Waals surface area contributed by atoms with Gasteiger partial charge >= 0.3 is 6.18 Å². The van der Waals surface area contributed by atoms with Crippen LogP contribution in [0.4, 0.5) is 13.2 Å². The molecule has 0 aromatic heterocycles. The fraction of sp³-hybridized carbons (Fsp3) is 0.417. The molecule has 94 valence electrons. The third-order valence-corrected chi connectivity index (χ3v) is 2.27. The molecule has 1 atom stereocenters. The Morgan fingerprint density at radius 1 is 1.18 bits per heavy atom. The largest absolute Gasteiger partial charge is 0.412 e. The average molecular weight is 245 g/mol. The van der Waals surface area contributed by atoms with Gasteiger partial charge in [-0.3, -0.25) is 4.79 Å². The SMILES string of the molecule is CC(C)C(=O)NC(c1ccccc1)C(F)(F)F. The molecule has 1 unspecified atom stereocenters. The number of amides is 1. The Hall–Kier alpha value is -1.52. The van der Waals surface area contributed by atoms with Crippen LogP contribution >= 0.6 is 0 Å². The van der Waals surface area contributed by atoms with Crippen LogP contribution < -0.4 is 5.32 Å². The summed E-state index contributed by atoms with van der Waals surface area (Å²) in [6.45, 7) is 3.10. The minimum atomic E-state index is -4.49. The molecule has 0 heterocycles. The number of rotatable bonds is 3. The fourth-order valence-electron chi connectivity index (χ4n) is 1.31. The van der Waals surface area contributed by atoms with Crippen LogP contribution in [0, 0.1) is 5.92 Å². The van der Waals surface area contributed by atoms with E-state index in [0.29, 0.717) is 0 Å². The Balaban J connectivity index is 2.95. The van der Waals surface area contributed by atoms with Crippen molar-refractivity contribution in [3.8, 4) is 0 Å². The summed E-state index contributed by atoms with van der Waals surface area (Å²) >= 11 is 0. The van der Waals surface area contributed by atoms with Crippen molar-refractivity contribution in [1.29, 1.82) is 0 Å². The van der Waals surface area contributed by atoms with Crippen LogP contribution in [0.1, 0.15) is 25.5 Å². The fourth-order valence-corrected chi connectivity index (χ4v) is 1.31. The Labute approximate surface area is 97.8 Å². The first-order chi connectivity index (χ1) is 7.82. The third kappa shape index (κ3) is 3.76. The second-order valence-electron chi connectivity index (χ2n) is 4.05. The van der Waals surface area contributed by atoms with Crippen LogP contribution in [-0.4, -0.2) is 12.1 Å². The van der Waals surface area contributed by atoms with Gasteiger partial charge in [-0.05, 0) is 5.56 Å². The standard InChI is InChI=1S/C12H14F3NO/c1-8(2)11(17)16-10(12(13,14)15)9-6-4-3-5-7-9/h3-8,10H,1-2H3,(H,16,17). The molecule has 0 bridgehead atoms. The zero-order valence-corrected chi connectivity index (χ0v) is 9.58. The molecule has 0 aliphatic carbocycles. The Morgan fingerprint density at radius 3 is 2.12 bits per heavy atom. The topological polar surface area (TPSA) is 29.1 Å². The van der Waals surface area contributed by atoms with E-state index in [1.807, 2.05) is 5.32 Å². The summed E-state index contributed by atoms with van der Waals surface area (Å²) in [7, 11) is 0. The number of alkyl halides is 3. The van der Waals surface area contributed by atoms with Gasteiger partial charge in [-0.15, -0.1) is 0 Å². The average Bonchev–Trinajstić information content (AvgIpc) is 2.25. The number of nitrogens with one attached hydrogen (secondary N) is 1. The van der Waals surface area contributed by atoms with Gasteiger partial charge in [0.05, 0.1) is 0 Å². The van der Waals surface area contributed by atoms with Gasteiger partial charge in [-0.25, -0.2) is 0 Å². The molecule has 0 saturated heterocycles. The van der Waals surface area contributed by atoms with Crippen molar-refractivity contribution in [2.75, 3.05) is 0 Å². The number of carbonyl (C=O) groups excluding carboxylic acids is 1. The maximum absolute atomic E-state index is 12.8. The molecular formula is C12H14F3NO. The monoisotopic (exact) mass is 245 g/mol. The highest BCUT2D eigenvalue weighted by Crippen LogP contribution is 2.32. The van der Waals surface area contributed by atoms with Gasteiger partial charge in [-0.2, -0.15) is 13.2 Å². The molecule has 1 N–H and O–H groups in total. The predicted octanol–water partition coefficient (Wildman–Crippen LogP) is 3.06. The molecule has 2 nitrogen and oxygen atoms in total. The number of benzene rings is 1. The van der Waals surface area contributed by atoms with E-state index in [1.165, 1.54) is 24.3 Å². The number of hydrogen-bond acceptors (Lipinski definition) is 1. The molecule has 1 aromatic carbocycles. The van der Waals surface area contributed by atoms with Crippen molar-refractivity contribution in [3.63, 3.8) is 0 Å². The molecule has 0 aliphatic rings. The van der Waals surface area contributed by atoms with Crippen molar-refractivity contribution in [2.45, 2.75) is 26.1 Å². The number of carbonyl (C=O) groups is 1. The van der Waals surface area contributed by atoms with Crippen molar-refractivity contribution in [1.82, 2.24) is 5.32 Å². The van der Waals surface area contributed by atoms with E-state index < -0.39 is 24.0 Å². The van der Waals surface area contributed by atoms with E-state index in [0.717, 1.165) is 0 Å². The molecule has 0 fully saturated rings. The van der Waals surface area contributed by atoms with Crippen LogP contribution in [0.2, 0.25) is 0 Å². The quantitative estimate of drug-likeness (QED) is 0.871. The lowest BCUT2D eigenvalue weighted by molar-refractivity contribution is -0.164. The normalized spacial score (nSPS) is 13.5. The molecule has 1 amide bonds. The van der Waals surface area contributed by atoms with Gasteiger partial charge in [0.1, 0.15) is 0 Å². The molecule has 17 heavy (non-hydrogen) atoms. The van der Waals surface area contributed by atoms with Gasteiger partial charge in [0.25, 0.3) is 0 Å².